The molecule has 0 saturated carbocycles. The van der Waals surface area contributed by atoms with E-state index in [1.165, 1.54) is 4.90 Å². The van der Waals surface area contributed by atoms with Crippen molar-refractivity contribution in [1.82, 2.24) is 30.3 Å². The number of carbonyl (C=O) groups is 3. The van der Waals surface area contributed by atoms with Gasteiger partial charge in [-0.3, -0.25) is 23.9 Å². The summed E-state index contributed by atoms with van der Waals surface area (Å²) in [5.41, 5.74) is 4.38. The Labute approximate surface area is 247 Å². The average molecular weight is 594 g/mol. The maximum Gasteiger partial charge on any atom is 0.242 e. The number of nitrogens with one attached hydrogen (secondary N) is 2. The number of halogens is 1. The van der Waals surface area contributed by atoms with Crippen molar-refractivity contribution in [1.29, 1.82) is 0 Å². The van der Waals surface area contributed by atoms with E-state index in [0.717, 1.165) is 28.8 Å². The summed E-state index contributed by atoms with van der Waals surface area (Å²) in [6.07, 6.45) is -1.28. The second kappa shape index (κ2) is 12.4. The molecule has 42 heavy (non-hydrogen) atoms. The van der Waals surface area contributed by atoms with Crippen molar-refractivity contribution in [2.45, 2.75) is 44.9 Å². The van der Waals surface area contributed by atoms with Crippen LogP contribution in [0.5, 0.6) is 0 Å². The van der Waals surface area contributed by atoms with Crippen LogP contribution in [0.2, 0.25) is 5.02 Å². The molecule has 3 amide bonds. The molecule has 2 aromatic carbocycles. The number of β-amino-alcohol motifs (C(OH)–C–C–N with tert-alkyl or cyclic N) is 2. The van der Waals surface area contributed by atoms with Gasteiger partial charge in [0.2, 0.25) is 17.7 Å². The molecule has 2 aliphatic heterocycles. The lowest BCUT2D eigenvalue weighted by molar-refractivity contribution is -0.132. The van der Waals surface area contributed by atoms with E-state index >= 15 is 0 Å². The highest BCUT2D eigenvalue weighted by Crippen LogP contribution is 2.33. The lowest BCUT2D eigenvalue weighted by Gasteiger charge is -2.16. The SMILES string of the molecule is CCc1ccc2c(c1)C(c1ccc(Cl)cc1)=N[C@@H](CC(=O)NCC(=O)NCC(=O)N1C[C@@H](O)[C@@H](O)C1)c1nnc(C)n1-2. The molecule has 3 atom stereocenters. The van der Waals surface area contributed by atoms with Crippen LogP contribution in [0.25, 0.3) is 5.69 Å². The number of carbonyl (C=O) groups excluding carboxylic acids is 3. The van der Waals surface area contributed by atoms with Crippen molar-refractivity contribution in [2.24, 2.45) is 4.99 Å². The van der Waals surface area contributed by atoms with Gasteiger partial charge in [0.1, 0.15) is 11.9 Å². The number of fused-ring (bicyclic) bond motifs is 3. The van der Waals surface area contributed by atoms with Crippen molar-refractivity contribution in [3.63, 3.8) is 0 Å². The number of aromatic nitrogens is 3. The van der Waals surface area contributed by atoms with E-state index in [-0.39, 0.29) is 32.6 Å². The Balaban J connectivity index is 1.33. The van der Waals surface area contributed by atoms with Crippen LogP contribution >= 0.6 is 11.6 Å². The molecule has 12 nitrogen and oxygen atoms in total. The maximum absolute atomic E-state index is 13.1. The van der Waals surface area contributed by atoms with Crippen LogP contribution in [0, 0.1) is 6.92 Å². The number of hydrogen-bond acceptors (Lipinski definition) is 8. The fraction of sp³-hybridized carbons (Fsp3) is 0.379. The zero-order valence-corrected chi connectivity index (χ0v) is 24.0. The first-order valence-electron chi connectivity index (χ1n) is 13.7. The van der Waals surface area contributed by atoms with Crippen LogP contribution in [0.15, 0.2) is 47.5 Å². The first-order chi connectivity index (χ1) is 20.1. The van der Waals surface area contributed by atoms with E-state index in [2.05, 4.69) is 33.8 Å². The Morgan fingerprint density at radius 2 is 1.67 bits per heavy atom. The molecule has 3 heterocycles. The predicted molar refractivity (Wildman–Crippen MR) is 155 cm³/mol. The Kier molecular flexibility index (Phi) is 8.66. The Morgan fingerprint density at radius 1 is 0.976 bits per heavy atom. The van der Waals surface area contributed by atoms with E-state index in [0.29, 0.717) is 22.4 Å². The van der Waals surface area contributed by atoms with Crippen LogP contribution in [0.3, 0.4) is 0 Å². The van der Waals surface area contributed by atoms with Gasteiger partial charge in [0.05, 0.1) is 43.1 Å². The number of benzene rings is 2. The highest BCUT2D eigenvalue weighted by Gasteiger charge is 2.33. The fourth-order valence-corrected chi connectivity index (χ4v) is 5.21. The first kappa shape index (κ1) is 29.4. The van der Waals surface area contributed by atoms with Gasteiger partial charge in [0.15, 0.2) is 5.82 Å². The van der Waals surface area contributed by atoms with Gasteiger partial charge in [0, 0.05) is 29.2 Å². The molecular formula is C29H32ClN7O5. The highest BCUT2D eigenvalue weighted by molar-refractivity contribution is 6.30. The summed E-state index contributed by atoms with van der Waals surface area (Å²) in [4.78, 5) is 44.0. The van der Waals surface area contributed by atoms with Crippen molar-refractivity contribution in [2.75, 3.05) is 26.2 Å². The number of aliphatic imine (C=N–C) groups is 1. The van der Waals surface area contributed by atoms with E-state index < -0.39 is 36.0 Å². The minimum atomic E-state index is -1.01. The summed E-state index contributed by atoms with van der Waals surface area (Å²) in [7, 11) is 0. The van der Waals surface area contributed by atoms with Crippen LogP contribution in [0.4, 0.5) is 0 Å². The van der Waals surface area contributed by atoms with Gasteiger partial charge in [-0.25, -0.2) is 0 Å². The molecule has 0 bridgehead atoms. The molecule has 5 rings (SSSR count). The smallest absolute Gasteiger partial charge is 0.242 e. The minimum Gasteiger partial charge on any atom is -0.388 e. The molecule has 220 valence electrons. The third kappa shape index (κ3) is 6.20. The second-order valence-corrected chi connectivity index (χ2v) is 10.8. The lowest BCUT2D eigenvalue weighted by Crippen LogP contribution is -2.43. The number of rotatable bonds is 8. The fourth-order valence-electron chi connectivity index (χ4n) is 5.09. The van der Waals surface area contributed by atoms with Crippen LogP contribution in [0.1, 0.15) is 47.7 Å². The topological polar surface area (TPSA) is 162 Å². The quantitative estimate of drug-likeness (QED) is 0.301. The molecule has 0 aliphatic carbocycles. The zero-order chi connectivity index (χ0) is 30.0. The molecule has 1 aromatic heterocycles. The number of aliphatic hydroxyl groups excluding tert-OH is 2. The van der Waals surface area contributed by atoms with E-state index in [9.17, 15) is 24.6 Å². The standard InChI is InChI=1S/C29H32ClN7O5/c1-3-17-4-9-22-20(10-17)28(18-5-7-19(30)8-6-18)33-21(29-35-34-16(2)37(22)29)11-25(40)31-12-26(41)32-13-27(42)36-14-23(38)24(39)15-36/h4-10,21,23-24,38-39H,3,11-15H2,1-2H3,(H,31,40)(H,32,41)/t21-,23-,24+/m0/s1. The van der Waals surface area contributed by atoms with Crippen LogP contribution in [-0.4, -0.2) is 91.7 Å². The number of hydrogen-bond donors (Lipinski definition) is 4. The molecule has 3 aromatic rings. The van der Waals surface area contributed by atoms with Crippen LogP contribution in [-0.2, 0) is 20.8 Å². The minimum absolute atomic E-state index is 0.000238. The summed E-state index contributed by atoms with van der Waals surface area (Å²) in [6.45, 7) is 3.26. The number of likely N-dealkylation sites (tertiary alicyclic amines) is 1. The summed E-state index contributed by atoms with van der Waals surface area (Å²) in [5, 5.41) is 33.5. The Hall–Kier alpha value is -4.13. The normalized spacial score (nSPS) is 19.4. The third-order valence-electron chi connectivity index (χ3n) is 7.39. The van der Waals surface area contributed by atoms with Gasteiger partial charge in [-0.15, -0.1) is 10.2 Å². The van der Waals surface area contributed by atoms with E-state index in [1.807, 2.05) is 35.8 Å². The van der Waals surface area contributed by atoms with Gasteiger partial charge >= 0.3 is 0 Å². The van der Waals surface area contributed by atoms with Gasteiger partial charge < -0.3 is 25.7 Å². The van der Waals surface area contributed by atoms with Crippen molar-refractivity contribution < 1.29 is 24.6 Å². The number of nitrogens with zero attached hydrogens (tertiary/aromatic N) is 5. The lowest BCUT2D eigenvalue weighted by atomic mass is 9.97. The molecular weight excluding hydrogens is 562 g/mol. The molecule has 4 N–H and O–H groups in total. The van der Waals surface area contributed by atoms with Crippen molar-refractivity contribution in [3.05, 3.63) is 75.8 Å². The number of aryl methyl sites for hydroxylation is 2. The third-order valence-corrected chi connectivity index (χ3v) is 7.64. The maximum atomic E-state index is 13.1. The largest absolute Gasteiger partial charge is 0.388 e. The zero-order valence-electron chi connectivity index (χ0n) is 23.2. The van der Waals surface area contributed by atoms with Crippen LogP contribution < -0.4 is 10.6 Å². The Morgan fingerprint density at radius 3 is 2.36 bits per heavy atom. The average Bonchev–Trinajstić information content (AvgIpc) is 3.49. The predicted octanol–water partition coefficient (Wildman–Crippen LogP) is 0.870. The van der Waals surface area contributed by atoms with Crippen molar-refractivity contribution in [3.8, 4) is 5.69 Å². The van der Waals surface area contributed by atoms with E-state index in [1.54, 1.807) is 12.1 Å². The number of aliphatic hydroxyl groups is 2. The molecule has 2 aliphatic rings. The molecule has 0 spiro atoms. The molecule has 1 saturated heterocycles. The van der Waals surface area contributed by atoms with Crippen molar-refractivity contribution >= 4 is 35.0 Å². The van der Waals surface area contributed by atoms with Gasteiger partial charge in [-0.05, 0) is 43.2 Å². The summed E-state index contributed by atoms with van der Waals surface area (Å²) >= 11 is 6.16. The second-order valence-electron chi connectivity index (χ2n) is 10.3. The molecule has 13 heteroatoms. The van der Waals surface area contributed by atoms with Gasteiger partial charge in [0.25, 0.3) is 0 Å². The number of amides is 3. The summed E-state index contributed by atoms with van der Waals surface area (Å²) in [5.74, 6) is -0.272. The van der Waals surface area contributed by atoms with E-state index in [4.69, 9.17) is 16.6 Å². The van der Waals surface area contributed by atoms with Gasteiger partial charge in [-0.2, -0.15) is 0 Å². The monoisotopic (exact) mass is 593 g/mol. The molecule has 0 radical (unpaired) electrons. The van der Waals surface area contributed by atoms with Gasteiger partial charge in [-0.1, -0.05) is 36.7 Å². The highest BCUT2D eigenvalue weighted by atomic mass is 35.5. The summed E-state index contributed by atoms with van der Waals surface area (Å²) in [6, 6.07) is 12.8. The molecule has 1 fully saturated rings. The molecule has 0 unspecified atom stereocenters. The first-order valence-corrected chi connectivity index (χ1v) is 14.1. The summed E-state index contributed by atoms with van der Waals surface area (Å²) < 4.78 is 1.91. The Bertz CT molecular complexity index is 1530.